The number of carbonyl (C=O) groups excluding carboxylic acids is 3. The van der Waals surface area contributed by atoms with E-state index in [4.69, 9.17) is 16.3 Å². The van der Waals surface area contributed by atoms with Crippen LogP contribution in [0.4, 0.5) is 0 Å². The van der Waals surface area contributed by atoms with E-state index in [1.165, 1.54) is 0 Å². The van der Waals surface area contributed by atoms with Crippen LogP contribution < -0.4 is 5.32 Å². The van der Waals surface area contributed by atoms with E-state index in [0.717, 1.165) is 6.29 Å². The Labute approximate surface area is 181 Å². The number of ether oxygens (including phenoxy) is 1. The lowest BCUT2D eigenvalue weighted by atomic mass is 9.94. The molecule has 29 heavy (non-hydrogen) atoms. The molecule has 8 heteroatoms. The monoisotopic (exact) mass is 476 g/mol. The second kappa shape index (κ2) is 7.74. The molecule has 2 heterocycles. The number of aldehydes is 1. The van der Waals surface area contributed by atoms with Gasteiger partial charge in [0.05, 0.1) is 26.8 Å². The van der Waals surface area contributed by atoms with Crippen LogP contribution in [0.5, 0.6) is 0 Å². The molecule has 1 aliphatic heterocycles. The Morgan fingerprint density at radius 2 is 1.93 bits per heavy atom. The number of methoxy groups -OCH3 is 1. The molecule has 4 rings (SSSR count). The Morgan fingerprint density at radius 1 is 1.21 bits per heavy atom. The number of halogens is 2. The molecule has 6 nitrogen and oxygen atoms in total. The van der Waals surface area contributed by atoms with E-state index in [-0.39, 0.29) is 12.6 Å². The third-order valence-electron chi connectivity index (χ3n) is 5.02. The summed E-state index contributed by atoms with van der Waals surface area (Å²) in [7, 11) is 1.61. The molecular formula is C21H18BrClN2O4. The standard InChI is InChI=1S/C21H16BrClN2O4.H2/c1-29-8-4-7-25-14-9-12(11-5-2-3-6-13(11)23)16-18(21(28)24-20(16)27)17(14)19(22)15(25)10-26;/h2-3,5-6,9-10H,4,7-8H2,1H3,(H,24,27,28);1H. The molecule has 150 valence electrons. The minimum atomic E-state index is -0.490. The summed E-state index contributed by atoms with van der Waals surface area (Å²) in [4.78, 5) is 37.1. The van der Waals surface area contributed by atoms with Gasteiger partial charge >= 0.3 is 0 Å². The first-order valence-electron chi connectivity index (χ1n) is 8.93. The number of amides is 2. The molecule has 0 spiro atoms. The number of benzene rings is 2. The van der Waals surface area contributed by atoms with E-state index in [2.05, 4.69) is 21.2 Å². The third-order valence-corrected chi connectivity index (χ3v) is 6.15. The first kappa shape index (κ1) is 19.8. The predicted octanol–water partition coefficient (Wildman–Crippen LogP) is 4.70. The quantitative estimate of drug-likeness (QED) is 0.317. The number of fused-ring (bicyclic) bond motifs is 3. The highest BCUT2D eigenvalue weighted by Gasteiger charge is 2.35. The molecular weight excluding hydrogens is 460 g/mol. The zero-order valence-electron chi connectivity index (χ0n) is 15.4. The van der Waals surface area contributed by atoms with E-state index < -0.39 is 11.8 Å². The molecule has 0 atom stereocenters. The SMILES string of the molecule is COCCCn1c(C=O)c(Br)c2c3c(c(-c4ccccc4Cl)cc21)C(=O)NC3=O.[HH]. The minimum Gasteiger partial charge on any atom is -0.385 e. The van der Waals surface area contributed by atoms with E-state index in [9.17, 15) is 14.4 Å². The Balaban J connectivity index is 0.00000256. The number of imide groups is 1. The predicted molar refractivity (Wildman–Crippen MR) is 116 cm³/mol. The average molecular weight is 478 g/mol. The zero-order chi connectivity index (χ0) is 20.7. The summed E-state index contributed by atoms with van der Waals surface area (Å²) in [6, 6.07) is 8.96. The van der Waals surface area contributed by atoms with Crippen molar-refractivity contribution in [1.82, 2.24) is 9.88 Å². The number of carbonyl (C=O) groups is 3. The van der Waals surface area contributed by atoms with Crippen molar-refractivity contribution in [3.63, 3.8) is 0 Å². The molecule has 0 saturated heterocycles. The number of rotatable bonds is 6. The van der Waals surface area contributed by atoms with Crippen LogP contribution in [0.25, 0.3) is 22.0 Å². The van der Waals surface area contributed by atoms with Crippen LogP contribution in [-0.4, -0.2) is 36.4 Å². The topological polar surface area (TPSA) is 77.4 Å². The van der Waals surface area contributed by atoms with Crippen LogP contribution in [0.2, 0.25) is 5.02 Å². The molecule has 2 amide bonds. The highest BCUT2D eigenvalue weighted by Crippen LogP contribution is 2.42. The molecule has 0 unspecified atom stereocenters. The van der Waals surface area contributed by atoms with Gasteiger partial charge in [0.25, 0.3) is 11.8 Å². The highest BCUT2D eigenvalue weighted by molar-refractivity contribution is 9.10. The van der Waals surface area contributed by atoms with Crippen LogP contribution in [0.1, 0.15) is 39.1 Å². The summed E-state index contributed by atoms with van der Waals surface area (Å²) in [6.45, 7) is 1.04. The summed E-state index contributed by atoms with van der Waals surface area (Å²) in [5.41, 5.74) is 2.79. The van der Waals surface area contributed by atoms with Gasteiger partial charge in [-0.1, -0.05) is 29.8 Å². The van der Waals surface area contributed by atoms with Gasteiger partial charge in [0.2, 0.25) is 0 Å². The Kier molecular flexibility index (Phi) is 5.29. The van der Waals surface area contributed by atoms with Gasteiger partial charge in [0, 0.05) is 37.7 Å². The molecule has 1 aliphatic rings. The lowest BCUT2D eigenvalue weighted by Gasteiger charge is -2.12. The second-order valence-electron chi connectivity index (χ2n) is 6.65. The smallest absolute Gasteiger partial charge is 0.259 e. The van der Waals surface area contributed by atoms with Crippen molar-refractivity contribution in [3.05, 3.63) is 56.6 Å². The normalized spacial score (nSPS) is 13.1. The van der Waals surface area contributed by atoms with Gasteiger partial charge in [-0.25, -0.2) is 0 Å². The number of nitrogens with one attached hydrogen (secondary N) is 1. The largest absolute Gasteiger partial charge is 0.385 e. The van der Waals surface area contributed by atoms with Gasteiger partial charge in [0.1, 0.15) is 0 Å². The van der Waals surface area contributed by atoms with E-state index >= 15 is 0 Å². The zero-order valence-corrected chi connectivity index (χ0v) is 17.8. The number of hydrogen-bond acceptors (Lipinski definition) is 4. The molecule has 3 aromatic rings. The average Bonchev–Trinajstić information content (AvgIpc) is 3.15. The van der Waals surface area contributed by atoms with Crippen LogP contribution in [0, 0.1) is 0 Å². The Morgan fingerprint density at radius 3 is 2.62 bits per heavy atom. The maximum absolute atomic E-state index is 12.7. The van der Waals surface area contributed by atoms with Gasteiger partial charge in [0.15, 0.2) is 6.29 Å². The van der Waals surface area contributed by atoms with E-state index in [1.54, 1.807) is 25.3 Å². The molecule has 0 radical (unpaired) electrons. The fraction of sp³-hybridized carbons (Fsp3) is 0.190. The van der Waals surface area contributed by atoms with Crippen molar-refractivity contribution in [2.24, 2.45) is 0 Å². The third kappa shape index (κ3) is 3.10. The Hall–Kier alpha value is -2.48. The molecule has 0 bridgehead atoms. The molecule has 0 saturated carbocycles. The van der Waals surface area contributed by atoms with Crippen molar-refractivity contribution in [2.45, 2.75) is 13.0 Å². The summed E-state index contributed by atoms with van der Waals surface area (Å²) >= 11 is 9.86. The number of nitrogens with zero attached hydrogens (tertiary/aromatic N) is 1. The molecule has 0 fully saturated rings. The van der Waals surface area contributed by atoms with Crippen LogP contribution >= 0.6 is 27.5 Å². The van der Waals surface area contributed by atoms with Gasteiger partial charge in [-0.15, -0.1) is 0 Å². The maximum Gasteiger partial charge on any atom is 0.259 e. The Bertz CT molecular complexity index is 1190. The molecule has 1 N–H and O–H groups in total. The van der Waals surface area contributed by atoms with E-state index in [0.29, 0.717) is 56.8 Å². The summed E-state index contributed by atoms with van der Waals surface area (Å²) < 4.78 is 7.46. The molecule has 1 aromatic heterocycles. The van der Waals surface area contributed by atoms with E-state index in [1.807, 2.05) is 16.7 Å². The number of aromatic nitrogens is 1. The van der Waals surface area contributed by atoms with Crippen molar-refractivity contribution in [3.8, 4) is 11.1 Å². The lowest BCUT2D eigenvalue weighted by Crippen LogP contribution is -2.20. The summed E-state index contributed by atoms with van der Waals surface area (Å²) in [5, 5.41) is 3.38. The van der Waals surface area contributed by atoms with Crippen LogP contribution in [0.3, 0.4) is 0 Å². The maximum atomic E-state index is 12.7. The van der Waals surface area contributed by atoms with Gasteiger partial charge in [-0.2, -0.15) is 0 Å². The number of hydrogen-bond donors (Lipinski definition) is 1. The van der Waals surface area contributed by atoms with Gasteiger partial charge in [-0.05, 0) is 40.0 Å². The minimum absolute atomic E-state index is 0. The first-order chi connectivity index (χ1) is 14.0. The van der Waals surface area contributed by atoms with Crippen molar-refractivity contribution in [2.75, 3.05) is 13.7 Å². The fourth-order valence-corrected chi connectivity index (χ4v) is 4.73. The van der Waals surface area contributed by atoms with Crippen molar-refractivity contribution in [1.29, 1.82) is 0 Å². The van der Waals surface area contributed by atoms with Gasteiger partial charge in [-0.3, -0.25) is 19.7 Å². The highest BCUT2D eigenvalue weighted by atomic mass is 79.9. The summed E-state index contributed by atoms with van der Waals surface area (Å²) in [6.07, 6.45) is 1.42. The summed E-state index contributed by atoms with van der Waals surface area (Å²) in [5.74, 6) is -0.968. The first-order valence-corrected chi connectivity index (χ1v) is 10.1. The lowest BCUT2D eigenvalue weighted by molar-refractivity contribution is 0.0880. The van der Waals surface area contributed by atoms with Crippen LogP contribution in [-0.2, 0) is 11.3 Å². The van der Waals surface area contributed by atoms with Gasteiger partial charge < -0.3 is 9.30 Å². The fourth-order valence-electron chi connectivity index (χ4n) is 3.79. The second-order valence-corrected chi connectivity index (χ2v) is 7.85. The number of aryl methyl sites for hydroxylation is 1. The molecule has 0 aliphatic carbocycles. The molecule has 2 aromatic carbocycles. The van der Waals surface area contributed by atoms with Crippen molar-refractivity contribution >= 4 is 56.5 Å². The van der Waals surface area contributed by atoms with Crippen molar-refractivity contribution < 1.29 is 20.5 Å². The van der Waals surface area contributed by atoms with Crippen LogP contribution in [0.15, 0.2) is 34.8 Å².